The van der Waals surface area contributed by atoms with Gasteiger partial charge >= 0.3 is 6.18 Å². The zero-order valence-electron chi connectivity index (χ0n) is 12.7. The predicted molar refractivity (Wildman–Crippen MR) is 80.7 cm³/mol. The Labute approximate surface area is 138 Å². The lowest BCUT2D eigenvalue weighted by Gasteiger charge is -2.13. The van der Waals surface area contributed by atoms with Crippen LogP contribution in [0.1, 0.15) is 5.69 Å². The Balaban J connectivity index is 2.08. The van der Waals surface area contributed by atoms with E-state index in [2.05, 4.69) is 15.3 Å². The van der Waals surface area contributed by atoms with Crippen molar-refractivity contribution in [2.45, 2.75) is 6.18 Å². The van der Waals surface area contributed by atoms with Gasteiger partial charge in [-0.3, -0.25) is 0 Å². The van der Waals surface area contributed by atoms with E-state index in [9.17, 15) is 22.0 Å². The van der Waals surface area contributed by atoms with E-state index in [1.165, 1.54) is 19.2 Å². The first-order valence-electron chi connectivity index (χ1n) is 6.93. The summed E-state index contributed by atoms with van der Waals surface area (Å²) in [5, 5.41) is 2.04. The van der Waals surface area contributed by atoms with Crippen molar-refractivity contribution >= 4 is 22.5 Å². The maximum absolute atomic E-state index is 13.7. The van der Waals surface area contributed by atoms with Gasteiger partial charge in [-0.05, 0) is 30.3 Å². The van der Waals surface area contributed by atoms with Crippen molar-refractivity contribution in [2.24, 2.45) is 0 Å². The Morgan fingerprint density at radius 3 is 2.40 bits per heavy atom. The van der Waals surface area contributed by atoms with Gasteiger partial charge in [-0.1, -0.05) is 0 Å². The lowest BCUT2D eigenvalue weighted by molar-refractivity contribution is -0.139. The topological polar surface area (TPSA) is 47.0 Å². The number of rotatable bonds is 3. The fourth-order valence-corrected chi connectivity index (χ4v) is 2.25. The summed E-state index contributed by atoms with van der Waals surface area (Å²) in [5.74, 6) is -1.95. The smallest absolute Gasteiger partial charge is 0.434 e. The number of ether oxygens (including phenoxy) is 1. The van der Waals surface area contributed by atoms with Gasteiger partial charge in [0.15, 0.2) is 17.3 Å². The molecule has 1 aromatic heterocycles. The Morgan fingerprint density at radius 1 is 1.00 bits per heavy atom. The molecule has 0 amide bonds. The summed E-state index contributed by atoms with van der Waals surface area (Å²) in [7, 11) is 1.28. The lowest BCUT2D eigenvalue weighted by Crippen LogP contribution is -2.12. The predicted octanol–water partition coefficient (Wildman–Crippen LogP) is 4.68. The third-order valence-electron chi connectivity index (χ3n) is 3.33. The number of methoxy groups -OCH3 is 1. The first-order valence-corrected chi connectivity index (χ1v) is 6.93. The summed E-state index contributed by atoms with van der Waals surface area (Å²) in [6.07, 6.45) is -4.81. The summed E-state index contributed by atoms with van der Waals surface area (Å²) in [6, 6.07) is 6.55. The van der Waals surface area contributed by atoms with Gasteiger partial charge < -0.3 is 10.1 Å². The lowest BCUT2D eigenvalue weighted by atomic mass is 10.2. The van der Waals surface area contributed by atoms with Crippen LogP contribution in [0.15, 0.2) is 36.4 Å². The first kappa shape index (κ1) is 16.9. The van der Waals surface area contributed by atoms with Crippen LogP contribution in [0.4, 0.5) is 33.6 Å². The highest BCUT2D eigenvalue weighted by Crippen LogP contribution is 2.34. The van der Waals surface area contributed by atoms with E-state index in [1.807, 2.05) is 0 Å². The van der Waals surface area contributed by atoms with Gasteiger partial charge in [0, 0.05) is 17.1 Å². The number of alkyl halides is 3. The molecule has 1 heterocycles. The van der Waals surface area contributed by atoms with E-state index in [0.717, 1.165) is 24.3 Å². The third kappa shape index (κ3) is 3.44. The Hall–Kier alpha value is -2.97. The second-order valence-corrected chi connectivity index (χ2v) is 5.03. The average Bonchev–Trinajstić information content (AvgIpc) is 2.54. The summed E-state index contributed by atoms with van der Waals surface area (Å²) in [4.78, 5) is 7.33. The van der Waals surface area contributed by atoms with Gasteiger partial charge in [0.05, 0.1) is 12.6 Å². The molecule has 0 radical (unpaired) electrons. The zero-order chi connectivity index (χ0) is 18.2. The molecular weight excluding hydrogens is 345 g/mol. The number of anilines is 2. The summed E-state index contributed by atoms with van der Waals surface area (Å²) in [6.45, 7) is 0. The van der Waals surface area contributed by atoms with Gasteiger partial charge in [0.1, 0.15) is 5.82 Å². The standard InChI is InChI=1S/C16H10F5N3O/c1-25-13-5-3-9(7-11(13)18)22-15-23-12-4-2-8(17)6-10(12)14(24-15)16(19,20)21/h2-7H,1H3,(H,22,23,24). The molecule has 3 rings (SSSR count). The molecule has 0 fully saturated rings. The molecule has 130 valence electrons. The van der Waals surface area contributed by atoms with Gasteiger partial charge in [-0.25, -0.2) is 18.7 Å². The monoisotopic (exact) mass is 355 g/mol. The number of benzene rings is 2. The largest absolute Gasteiger partial charge is 0.494 e. The molecule has 9 heteroatoms. The number of nitrogens with zero attached hydrogens (tertiary/aromatic N) is 2. The highest BCUT2D eigenvalue weighted by molar-refractivity contribution is 5.83. The van der Waals surface area contributed by atoms with Crippen LogP contribution in [0, 0.1) is 11.6 Å². The van der Waals surface area contributed by atoms with Crippen molar-refractivity contribution < 1.29 is 26.7 Å². The van der Waals surface area contributed by atoms with E-state index in [-0.39, 0.29) is 17.0 Å². The number of halogens is 5. The van der Waals surface area contributed by atoms with Crippen LogP contribution in [0.25, 0.3) is 10.9 Å². The molecule has 0 aliphatic heterocycles. The van der Waals surface area contributed by atoms with E-state index in [1.54, 1.807) is 0 Å². The van der Waals surface area contributed by atoms with E-state index in [4.69, 9.17) is 4.74 Å². The maximum atomic E-state index is 13.7. The fraction of sp³-hybridized carbons (Fsp3) is 0.125. The maximum Gasteiger partial charge on any atom is 0.434 e. The average molecular weight is 355 g/mol. The molecule has 0 spiro atoms. The van der Waals surface area contributed by atoms with Crippen LogP contribution in [0.5, 0.6) is 5.75 Å². The minimum absolute atomic E-state index is 0.0172. The molecule has 2 aromatic carbocycles. The van der Waals surface area contributed by atoms with Crippen LogP contribution >= 0.6 is 0 Å². The Bertz CT molecular complexity index is 943. The molecule has 25 heavy (non-hydrogen) atoms. The van der Waals surface area contributed by atoms with Crippen LogP contribution in [0.3, 0.4) is 0 Å². The van der Waals surface area contributed by atoms with Crippen molar-refractivity contribution in [3.63, 3.8) is 0 Å². The highest BCUT2D eigenvalue weighted by atomic mass is 19.4. The number of fused-ring (bicyclic) bond motifs is 1. The highest BCUT2D eigenvalue weighted by Gasteiger charge is 2.35. The van der Waals surface area contributed by atoms with Gasteiger partial charge in [-0.15, -0.1) is 0 Å². The molecule has 1 N–H and O–H groups in total. The third-order valence-corrected chi connectivity index (χ3v) is 3.33. The molecule has 0 aliphatic rings. The van der Waals surface area contributed by atoms with Crippen molar-refractivity contribution in [3.8, 4) is 5.75 Å². The molecule has 0 bridgehead atoms. The molecule has 4 nitrogen and oxygen atoms in total. The molecule has 0 atom stereocenters. The van der Waals surface area contributed by atoms with Crippen molar-refractivity contribution in [1.29, 1.82) is 0 Å². The summed E-state index contributed by atoms with van der Waals surface area (Å²) < 4.78 is 71.4. The second-order valence-electron chi connectivity index (χ2n) is 5.03. The second kappa shape index (κ2) is 6.15. The van der Waals surface area contributed by atoms with Crippen LogP contribution < -0.4 is 10.1 Å². The quantitative estimate of drug-likeness (QED) is 0.693. The fourth-order valence-electron chi connectivity index (χ4n) is 2.25. The Kier molecular flexibility index (Phi) is 4.15. The van der Waals surface area contributed by atoms with Crippen molar-refractivity contribution in [2.75, 3.05) is 12.4 Å². The summed E-state index contributed by atoms with van der Waals surface area (Å²) in [5.41, 5.74) is -1.25. The van der Waals surface area contributed by atoms with E-state index < -0.39 is 34.8 Å². The van der Waals surface area contributed by atoms with Crippen molar-refractivity contribution in [3.05, 3.63) is 53.7 Å². The molecule has 0 saturated heterocycles. The minimum Gasteiger partial charge on any atom is -0.494 e. The molecular formula is C16H10F5N3O. The molecule has 0 aliphatic carbocycles. The summed E-state index contributed by atoms with van der Waals surface area (Å²) >= 11 is 0. The van der Waals surface area contributed by atoms with Crippen LogP contribution in [-0.4, -0.2) is 17.1 Å². The SMILES string of the molecule is COc1ccc(Nc2nc(C(F)(F)F)c3cc(F)ccc3n2)cc1F. The normalized spacial score (nSPS) is 11.6. The molecule has 3 aromatic rings. The number of hydrogen-bond donors (Lipinski definition) is 1. The number of nitrogens with one attached hydrogen (secondary N) is 1. The van der Waals surface area contributed by atoms with Gasteiger partial charge in [0.25, 0.3) is 0 Å². The minimum atomic E-state index is -4.81. The van der Waals surface area contributed by atoms with E-state index in [0.29, 0.717) is 0 Å². The first-order chi connectivity index (χ1) is 11.8. The zero-order valence-corrected chi connectivity index (χ0v) is 12.7. The molecule has 0 saturated carbocycles. The van der Waals surface area contributed by atoms with E-state index >= 15 is 0 Å². The van der Waals surface area contributed by atoms with Crippen LogP contribution in [0.2, 0.25) is 0 Å². The van der Waals surface area contributed by atoms with Gasteiger partial charge in [-0.2, -0.15) is 13.2 Å². The number of aromatic nitrogens is 2. The van der Waals surface area contributed by atoms with Crippen molar-refractivity contribution in [1.82, 2.24) is 9.97 Å². The van der Waals surface area contributed by atoms with Gasteiger partial charge in [0.2, 0.25) is 5.95 Å². The molecule has 0 unspecified atom stereocenters. The van der Waals surface area contributed by atoms with Crippen LogP contribution in [-0.2, 0) is 6.18 Å². The number of hydrogen-bond acceptors (Lipinski definition) is 4. The Morgan fingerprint density at radius 2 is 1.76 bits per heavy atom.